The molecule has 0 radical (unpaired) electrons. The average Bonchev–Trinajstić information content (AvgIpc) is 2.62. The van der Waals surface area contributed by atoms with Crippen molar-refractivity contribution in [3.8, 4) is 0 Å². The Morgan fingerprint density at radius 3 is 2.33 bits per heavy atom. The van der Waals surface area contributed by atoms with Gasteiger partial charge in [-0.3, -0.25) is 9.79 Å². The van der Waals surface area contributed by atoms with E-state index in [1.54, 1.807) is 7.05 Å². The smallest absolute Gasteiger partial charge is 0.221 e. The molecule has 0 atom stereocenters. The molecule has 0 aromatic heterocycles. The lowest BCUT2D eigenvalue weighted by atomic mass is 10.1. The summed E-state index contributed by atoms with van der Waals surface area (Å²) in [7, 11) is 3.81. The fourth-order valence-electron chi connectivity index (χ4n) is 2.76. The summed E-state index contributed by atoms with van der Waals surface area (Å²) < 4.78 is 0. The van der Waals surface area contributed by atoms with Crippen LogP contribution >= 0.6 is 24.0 Å². The van der Waals surface area contributed by atoms with E-state index in [0.29, 0.717) is 6.54 Å². The van der Waals surface area contributed by atoms with Crippen molar-refractivity contribution in [2.24, 2.45) is 4.99 Å². The molecule has 2 rings (SSSR count). The number of benzene rings is 2. The summed E-state index contributed by atoms with van der Waals surface area (Å²) >= 11 is 0. The SMILES string of the molecule is CCc1ccc(CN(C)C(=NC)NCc2cccc(NC(C)=O)c2)cc1.I. The number of hydrogen-bond acceptors (Lipinski definition) is 2. The molecule has 2 aromatic carbocycles. The number of amides is 1. The maximum atomic E-state index is 11.2. The molecule has 2 N–H and O–H groups in total. The highest BCUT2D eigenvalue weighted by Crippen LogP contribution is 2.11. The lowest BCUT2D eigenvalue weighted by Gasteiger charge is -2.22. The van der Waals surface area contributed by atoms with E-state index in [1.165, 1.54) is 18.1 Å². The topological polar surface area (TPSA) is 56.7 Å². The minimum absolute atomic E-state index is 0. The predicted octanol–water partition coefficient (Wildman–Crippen LogP) is 4.03. The van der Waals surface area contributed by atoms with E-state index in [2.05, 4.69) is 51.7 Å². The maximum absolute atomic E-state index is 11.2. The van der Waals surface area contributed by atoms with Gasteiger partial charge in [0.2, 0.25) is 5.91 Å². The molecule has 1 amide bonds. The number of nitrogens with zero attached hydrogens (tertiary/aromatic N) is 2. The molecule has 0 aliphatic carbocycles. The Bertz CT molecular complexity index is 759. The Morgan fingerprint density at radius 1 is 1.07 bits per heavy atom. The fourth-order valence-corrected chi connectivity index (χ4v) is 2.76. The van der Waals surface area contributed by atoms with E-state index in [4.69, 9.17) is 0 Å². The third-order valence-electron chi connectivity index (χ3n) is 4.12. The largest absolute Gasteiger partial charge is 0.352 e. The van der Waals surface area contributed by atoms with Crippen molar-refractivity contribution < 1.29 is 4.79 Å². The molecule has 0 saturated heterocycles. The van der Waals surface area contributed by atoms with Crippen molar-refractivity contribution in [2.45, 2.75) is 33.4 Å². The molecule has 0 fully saturated rings. The summed E-state index contributed by atoms with van der Waals surface area (Å²) in [5, 5.41) is 6.18. The van der Waals surface area contributed by atoms with Crippen LogP contribution in [0.15, 0.2) is 53.5 Å². The Morgan fingerprint density at radius 2 is 1.74 bits per heavy atom. The third kappa shape index (κ3) is 7.58. The maximum Gasteiger partial charge on any atom is 0.221 e. The molecule has 146 valence electrons. The molecular weight excluding hydrogens is 451 g/mol. The number of rotatable bonds is 6. The fraction of sp³-hybridized carbons (Fsp3) is 0.333. The number of hydrogen-bond donors (Lipinski definition) is 2. The number of halogens is 1. The van der Waals surface area contributed by atoms with Crippen molar-refractivity contribution >= 4 is 41.5 Å². The van der Waals surface area contributed by atoms with Crippen molar-refractivity contribution in [3.05, 3.63) is 65.2 Å². The summed E-state index contributed by atoms with van der Waals surface area (Å²) in [6.45, 7) is 5.09. The van der Waals surface area contributed by atoms with Gasteiger partial charge in [-0.2, -0.15) is 0 Å². The van der Waals surface area contributed by atoms with Crippen LogP contribution in [0, 0.1) is 0 Å². The number of guanidine groups is 1. The van der Waals surface area contributed by atoms with Crippen LogP contribution < -0.4 is 10.6 Å². The molecule has 0 heterocycles. The molecule has 0 aliphatic heterocycles. The van der Waals surface area contributed by atoms with Gasteiger partial charge in [-0.15, -0.1) is 24.0 Å². The summed E-state index contributed by atoms with van der Waals surface area (Å²) in [6, 6.07) is 16.5. The van der Waals surface area contributed by atoms with Gasteiger partial charge in [0.25, 0.3) is 0 Å². The molecule has 0 aliphatic rings. The van der Waals surface area contributed by atoms with E-state index >= 15 is 0 Å². The van der Waals surface area contributed by atoms with Gasteiger partial charge < -0.3 is 15.5 Å². The molecule has 6 heteroatoms. The number of anilines is 1. The quantitative estimate of drug-likeness (QED) is 0.373. The van der Waals surface area contributed by atoms with Crippen molar-refractivity contribution in [2.75, 3.05) is 19.4 Å². The first-order chi connectivity index (χ1) is 12.5. The van der Waals surface area contributed by atoms with E-state index in [-0.39, 0.29) is 29.9 Å². The number of nitrogens with one attached hydrogen (secondary N) is 2. The summed E-state index contributed by atoms with van der Waals surface area (Å²) in [5.41, 5.74) is 4.48. The lowest BCUT2D eigenvalue weighted by Crippen LogP contribution is -2.38. The van der Waals surface area contributed by atoms with Crippen LogP contribution in [0.5, 0.6) is 0 Å². The van der Waals surface area contributed by atoms with Gasteiger partial charge in [0.1, 0.15) is 0 Å². The average molecular weight is 480 g/mol. The first-order valence-corrected chi connectivity index (χ1v) is 8.88. The molecule has 27 heavy (non-hydrogen) atoms. The number of aryl methyl sites for hydroxylation is 1. The zero-order valence-corrected chi connectivity index (χ0v) is 18.8. The molecule has 2 aromatic rings. The standard InChI is InChI=1S/C21H28N4O.HI/c1-5-17-9-11-18(12-10-17)15-25(4)21(22-3)23-14-19-7-6-8-20(13-19)24-16(2)26;/h6-13H,5,14-15H2,1-4H3,(H,22,23)(H,24,26);1H. The first kappa shape index (κ1) is 23.0. The summed E-state index contributed by atoms with van der Waals surface area (Å²) in [5.74, 6) is 0.759. The van der Waals surface area contributed by atoms with Gasteiger partial charge in [0.15, 0.2) is 5.96 Å². The minimum atomic E-state index is -0.0697. The van der Waals surface area contributed by atoms with Gasteiger partial charge >= 0.3 is 0 Å². The van der Waals surface area contributed by atoms with E-state index in [9.17, 15) is 4.79 Å². The minimum Gasteiger partial charge on any atom is -0.352 e. The summed E-state index contributed by atoms with van der Waals surface area (Å²) in [6.07, 6.45) is 1.05. The highest BCUT2D eigenvalue weighted by atomic mass is 127. The normalized spacial score (nSPS) is 10.7. The van der Waals surface area contributed by atoms with Crippen LogP contribution in [0.2, 0.25) is 0 Å². The zero-order valence-electron chi connectivity index (χ0n) is 16.5. The molecule has 0 spiro atoms. The second-order valence-electron chi connectivity index (χ2n) is 6.31. The number of carbonyl (C=O) groups excluding carboxylic acids is 1. The van der Waals surface area contributed by atoms with Crippen LogP contribution in [0.3, 0.4) is 0 Å². The van der Waals surface area contributed by atoms with Gasteiger partial charge in [-0.05, 0) is 35.2 Å². The van der Waals surface area contributed by atoms with E-state index in [1.807, 2.05) is 31.3 Å². The summed E-state index contributed by atoms with van der Waals surface area (Å²) in [4.78, 5) is 17.6. The predicted molar refractivity (Wildman–Crippen MR) is 124 cm³/mol. The monoisotopic (exact) mass is 480 g/mol. The van der Waals surface area contributed by atoms with Crippen molar-refractivity contribution in [1.29, 1.82) is 0 Å². The number of carbonyl (C=O) groups is 1. The van der Waals surface area contributed by atoms with Crippen LogP contribution in [0.1, 0.15) is 30.5 Å². The third-order valence-corrected chi connectivity index (χ3v) is 4.12. The molecule has 0 saturated carbocycles. The Labute approximate surface area is 179 Å². The van der Waals surface area contributed by atoms with Crippen molar-refractivity contribution in [1.82, 2.24) is 10.2 Å². The first-order valence-electron chi connectivity index (χ1n) is 8.88. The van der Waals surface area contributed by atoms with Gasteiger partial charge in [-0.1, -0.05) is 43.3 Å². The molecule has 5 nitrogen and oxygen atoms in total. The second kappa shape index (κ2) is 11.6. The van der Waals surface area contributed by atoms with Crippen LogP contribution in [-0.2, 0) is 24.3 Å². The van der Waals surface area contributed by atoms with Crippen LogP contribution in [0.4, 0.5) is 5.69 Å². The van der Waals surface area contributed by atoms with Gasteiger partial charge in [0.05, 0.1) is 0 Å². The van der Waals surface area contributed by atoms with E-state index in [0.717, 1.165) is 30.2 Å². The Kier molecular flexibility index (Phi) is 9.85. The zero-order chi connectivity index (χ0) is 18.9. The highest BCUT2D eigenvalue weighted by Gasteiger charge is 2.07. The highest BCUT2D eigenvalue weighted by molar-refractivity contribution is 14.0. The van der Waals surface area contributed by atoms with E-state index < -0.39 is 0 Å². The van der Waals surface area contributed by atoms with Gasteiger partial charge in [-0.25, -0.2) is 0 Å². The molecular formula is C21H29IN4O. The van der Waals surface area contributed by atoms with Gasteiger partial charge in [0, 0.05) is 39.8 Å². The van der Waals surface area contributed by atoms with Crippen LogP contribution in [-0.4, -0.2) is 30.9 Å². The molecule has 0 bridgehead atoms. The molecule has 0 unspecified atom stereocenters. The Balaban J connectivity index is 0.00000364. The number of aliphatic imine (C=N–C) groups is 1. The lowest BCUT2D eigenvalue weighted by molar-refractivity contribution is -0.114. The second-order valence-corrected chi connectivity index (χ2v) is 6.31. The van der Waals surface area contributed by atoms with Crippen LogP contribution in [0.25, 0.3) is 0 Å². The Hall–Kier alpha value is -2.09. The van der Waals surface area contributed by atoms with Crippen molar-refractivity contribution in [3.63, 3.8) is 0 Å².